The van der Waals surface area contributed by atoms with Crippen LogP contribution >= 0.6 is 0 Å². The van der Waals surface area contributed by atoms with Crippen molar-refractivity contribution in [2.45, 2.75) is 191 Å². The van der Waals surface area contributed by atoms with E-state index in [-0.39, 0.29) is 0 Å². The molecule has 0 amide bonds. The summed E-state index contributed by atoms with van der Waals surface area (Å²) in [6, 6.07) is 56.8. The predicted molar refractivity (Wildman–Crippen MR) is 300 cm³/mol. The van der Waals surface area contributed by atoms with Crippen molar-refractivity contribution in [3.05, 3.63) is 228 Å². The molecule has 0 saturated carbocycles. The molecule has 0 aliphatic rings. The molecule has 68 heavy (non-hydrogen) atoms. The van der Waals surface area contributed by atoms with Gasteiger partial charge in [-0.15, -0.1) is 0 Å². The fourth-order valence-corrected chi connectivity index (χ4v) is 10.6. The van der Waals surface area contributed by atoms with E-state index in [1.165, 1.54) is 150 Å². The van der Waals surface area contributed by atoms with Gasteiger partial charge in [0.2, 0.25) is 0 Å². The average Bonchev–Trinajstić information content (AvgIpc) is 3.40. The van der Waals surface area contributed by atoms with Crippen LogP contribution in [0.4, 0.5) is 0 Å². The highest BCUT2D eigenvalue weighted by Gasteiger charge is 2.19. The zero-order chi connectivity index (χ0) is 47.4. The van der Waals surface area contributed by atoms with E-state index in [2.05, 4.69) is 214 Å². The Bertz CT molecular complexity index is 2040. The smallest absolute Gasteiger partial charge is 0.0159 e. The van der Waals surface area contributed by atoms with E-state index in [1.807, 2.05) is 0 Å². The molecule has 0 heteroatoms. The number of unbranched alkanes of at least 4 members (excludes halogenated alkanes) is 5. The van der Waals surface area contributed by atoms with E-state index in [1.54, 1.807) is 0 Å². The molecule has 0 radical (unpaired) electrons. The summed E-state index contributed by atoms with van der Waals surface area (Å²) in [6.45, 7) is 4.56. The lowest BCUT2D eigenvalue weighted by Gasteiger charge is -2.24. The van der Waals surface area contributed by atoms with E-state index in [4.69, 9.17) is 0 Å². The average molecular weight is 907 g/mol. The largest absolute Gasteiger partial charge is 0.0888 e. The zero-order valence-electron chi connectivity index (χ0n) is 42.7. The third kappa shape index (κ3) is 22.0. The molecule has 0 nitrogen and oxygen atoms in total. The molecule has 0 bridgehead atoms. The number of hydrogen-bond acceptors (Lipinski definition) is 0. The van der Waals surface area contributed by atoms with Crippen LogP contribution in [-0.4, -0.2) is 0 Å². The Morgan fingerprint density at radius 2 is 0.529 bits per heavy atom. The number of benzene rings is 5. The summed E-state index contributed by atoms with van der Waals surface area (Å²) in [5.41, 5.74) is 7.60. The normalized spacial score (nSPS) is 14.3. The second kappa shape index (κ2) is 35.2. The summed E-state index contributed by atoms with van der Waals surface area (Å²) in [6.07, 6.45) is 47.4. The second-order valence-electron chi connectivity index (χ2n) is 19.6. The van der Waals surface area contributed by atoms with Gasteiger partial charge in [-0.3, -0.25) is 0 Å². The van der Waals surface area contributed by atoms with Gasteiger partial charge >= 0.3 is 0 Å². The molecule has 5 aromatic rings. The number of allylic oxidation sites excluding steroid dienone is 8. The molecule has 0 aliphatic carbocycles. The van der Waals surface area contributed by atoms with E-state index < -0.39 is 0 Å². The molecule has 0 N–H and O–H groups in total. The first-order valence-corrected chi connectivity index (χ1v) is 27.6. The molecule has 0 heterocycles. The Morgan fingerprint density at radius 1 is 0.250 bits per heavy atom. The lowest BCUT2D eigenvalue weighted by molar-refractivity contribution is 0.439. The minimum Gasteiger partial charge on any atom is -0.0888 e. The summed E-state index contributed by atoms with van der Waals surface area (Å²) in [7, 11) is 0. The van der Waals surface area contributed by atoms with Crippen LogP contribution in [-0.2, 0) is 0 Å². The van der Waals surface area contributed by atoms with Crippen molar-refractivity contribution in [2.24, 2.45) is 0 Å². The Morgan fingerprint density at radius 3 is 0.912 bits per heavy atom. The first kappa shape index (κ1) is 54.0. The Hall–Kier alpha value is -4.94. The lowest BCUT2D eigenvalue weighted by atomic mass is 9.81. The molecular weight excluding hydrogens is 817 g/mol. The van der Waals surface area contributed by atoms with Crippen LogP contribution in [0.15, 0.2) is 200 Å². The van der Waals surface area contributed by atoms with Crippen LogP contribution in [0.1, 0.15) is 219 Å². The van der Waals surface area contributed by atoms with Crippen molar-refractivity contribution >= 4 is 0 Å². The van der Waals surface area contributed by atoms with Gasteiger partial charge in [-0.2, -0.15) is 0 Å². The van der Waals surface area contributed by atoms with Crippen molar-refractivity contribution < 1.29 is 0 Å². The Kier molecular flexibility index (Phi) is 28.0. The predicted octanol–water partition coefficient (Wildman–Crippen LogP) is 21.1. The highest BCUT2D eigenvalue weighted by Crippen LogP contribution is 2.37. The van der Waals surface area contributed by atoms with Gasteiger partial charge in [-0.05, 0) is 186 Å². The van der Waals surface area contributed by atoms with Crippen molar-refractivity contribution in [1.29, 1.82) is 0 Å². The van der Waals surface area contributed by atoms with Gasteiger partial charge in [0.15, 0.2) is 0 Å². The van der Waals surface area contributed by atoms with Gasteiger partial charge in [-0.25, -0.2) is 0 Å². The van der Waals surface area contributed by atoms with Crippen molar-refractivity contribution in [3.8, 4) is 0 Å². The SMILES string of the molecule is CC/C=C\CC/C=C\CCCC(CC/C=C\CC/C=C\CCCC(CCCC(CCC(CCCCC(CC)c1ccccc1)c1ccccc1)c1ccccc1)c1ccccc1)c1ccccc1. The fourth-order valence-electron chi connectivity index (χ4n) is 10.6. The minimum absolute atomic E-state index is 0.601. The zero-order valence-corrected chi connectivity index (χ0v) is 42.7. The van der Waals surface area contributed by atoms with Crippen molar-refractivity contribution in [1.82, 2.24) is 0 Å². The molecule has 5 aromatic carbocycles. The summed E-state index contributed by atoms with van der Waals surface area (Å²) in [5.74, 6) is 3.17. The van der Waals surface area contributed by atoms with Crippen LogP contribution in [0.25, 0.3) is 0 Å². The van der Waals surface area contributed by atoms with Crippen LogP contribution in [0.2, 0.25) is 0 Å². The van der Waals surface area contributed by atoms with E-state index >= 15 is 0 Å². The molecule has 362 valence electrons. The van der Waals surface area contributed by atoms with Gasteiger partial charge in [-0.1, -0.05) is 233 Å². The van der Waals surface area contributed by atoms with Crippen molar-refractivity contribution in [2.75, 3.05) is 0 Å². The highest BCUT2D eigenvalue weighted by atomic mass is 14.2. The van der Waals surface area contributed by atoms with Gasteiger partial charge in [0.1, 0.15) is 0 Å². The van der Waals surface area contributed by atoms with E-state index in [0.29, 0.717) is 29.6 Å². The third-order valence-corrected chi connectivity index (χ3v) is 14.6. The second-order valence-corrected chi connectivity index (χ2v) is 19.6. The topological polar surface area (TPSA) is 0 Å². The van der Waals surface area contributed by atoms with Crippen molar-refractivity contribution in [3.63, 3.8) is 0 Å². The van der Waals surface area contributed by atoms with Gasteiger partial charge in [0, 0.05) is 0 Å². The fraction of sp³-hybridized carbons (Fsp3) is 0.441. The maximum Gasteiger partial charge on any atom is -0.0159 e. The maximum absolute atomic E-state index is 2.46. The summed E-state index contributed by atoms with van der Waals surface area (Å²) in [4.78, 5) is 0. The van der Waals surface area contributed by atoms with Crippen LogP contribution in [0, 0.1) is 0 Å². The third-order valence-electron chi connectivity index (χ3n) is 14.6. The monoisotopic (exact) mass is 907 g/mol. The van der Waals surface area contributed by atoms with Gasteiger partial charge < -0.3 is 0 Å². The molecular formula is C68H90. The Balaban J connectivity index is 1.04. The quantitative estimate of drug-likeness (QED) is 0.0277. The van der Waals surface area contributed by atoms with Gasteiger partial charge in [0.05, 0.1) is 0 Å². The summed E-state index contributed by atoms with van der Waals surface area (Å²) >= 11 is 0. The molecule has 0 aromatic heterocycles. The summed E-state index contributed by atoms with van der Waals surface area (Å²) < 4.78 is 0. The molecule has 0 fully saturated rings. The van der Waals surface area contributed by atoms with Crippen LogP contribution in [0.5, 0.6) is 0 Å². The molecule has 0 aliphatic heterocycles. The van der Waals surface area contributed by atoms with Crippen LogP contribution < -0.4 is 0 Å². The van der Waals surface area contributed by atoms with Crippen LogP contribution in [0.3, 0.4) is 0 Å². The first-order valence-electron chi connectivity index (χ1n) is 27.6. The minimum atomic E-state index is 0.601. The number of rotatable bonds is 36. The van der Waals surface area contributed by atoms with E-state index in [0.717, 1.165) is 25.7 Å². The molecule has 5 rings (SSSR count). The van der Waals surface area contributed by atoms with Gasteiger partial charge in [0.25, 0.3) is 0 Å². The molecule has 0 saturated heterocycles. The molecule has 5 atom stereocenters. The first-order chi connectivity index (χ1) is 33.7. The highest BCUT2D eigenvalue weighted by molar-refractivity contribution is 5.24. The summed E-state index contributed by atoms with van der Waals surface area (Å²) in [5, 5.41) is 0. The standard InChI is InChI=1S/C68H90/c1-3-5-6-7-8-10-13-16-24-43-61(62-46-29-20-30-47-62)44-25-17-14-11-9-12-15-18-26-45-66(63-48-31-21-32-49-63)55-39-56-68(65-52-35-23-36-53-65)58-57-67(64-50-33-22-34-51-64)54-38-37-40-59(4-2)60-41-27-19-28-42-60/h5-6,10,12-15,17,19-23,27-36,41-42,46-53,59,61,66-68H,3-4,7-9,11,16,18,24-26,37-40,43-45,54-58H2,1-2H3/b6-5-,13-10-,15-12-,17-14-. The Labute approximate surface area is 417 Å². The molecule has 0 spiro atoms. The molecule has 5 unspecified atom stereocenters. The maximum atomic E-state index is 2.46. The lowest BCUT2D eigenvalue weighted by Crippen LogP contribution is -2.07. The number of hydrogen-bond donors (Lipinski definition) is 0. The van der Waals surface area contributed by atoms with E-state index in [9.17, 15) is 0 Å².